The average molecular weight is 353 g/mol. The van der Waals surface area contributed by atoms with Gasteiger partial charge in [0.1, 0.15) is 0 Å². The lowest BCUT2D eigenvalue weighted by Gasteiger charge is -2.07. The summed E-state index contributed by atoms with van der Waals surface area (Å²) in [6.07, 6.45) is 1.54. The molecule has 0 fully saturated rings. The number of hydrogen-bond acceptors (Lipinski definition) is 6. The van der Waals surface area contributed by atoms with Crippen molar-refractivity contribution in [3.63, 3.8) is 0 Å². The number of benzene rings is 1. The Kier molecular flexibility index (Phi) is 3.93. The number of H-pyrrole nitrogens is 1. The normalized spacial score (nSPS) is 12.6. The summed E-state index contributed by atoms with van der Waals surface area (Å²) >= 11 is 1.24. The molecule has 1 aromatic carbocycles. The van der Waals surface area contributed by atoms with Gasteiger partial charge in [0.2, 0.25) is 0 Å². The number of aromatic amines is 1. The molecule has 25 heavy (non-hydrogen) atoms. The molecule has 1 N–H and O–H groups in total. The third-order valence-corrected chi connectivity index (χ3v) is 4.86. The van der Waals surface area contributed by atoms with Crippen molar-refractivity contribution in [2.75, 3.05) is 0 Å². The van der Waals surface area contributed by atoms with Crippen molar-refractivity contribution in [2.45, 2.75) is 24.3 Å². The summed E-state index contributed by atoms with van der Waals surface area (Å²) in [5.41, 5.74) is 2.53. The molecule has 126 valence electrons. The molecule has 0 aliphatic carbocycles. The summed E-state index contributed by atoms with van der Waals surface area (Å²) < 4.78 is 10.8. The lowest BCUT2D eigenvalue weighted by Crippen LogP contribution is -2.14. The van der Waals surface area contributed by atoms with Crippen molar-refractivity contribution in [1.82, 2.24) is 15.2 Å². The number of thioether (sulfide) groups is 1. The topological polar surface area (TPSA) is 84.9 Å². The molecule has 0 aliphatic rings. The zero-order valence-electron chi connectivity index (χ0n) is 13.6. The van der Waals surface area contributed by atoms with E-state index < -0.39 is 0 Å². The molecule has 0 saturated heterocycles. The van der Waals surface area contributed by atoms with Crippen LogP contribution in [0.3, 0.4) is 0 Å². The van der Waals surface area contributed by atoms with Gasteiger partial charge in [-0.15, -0.1) is 10.2 Å². The Bertz CT molecular complexity index is 1030. The Morgan fingerprint density at radius 2 is 2.04 bits per heavy atom. The highest BCUT2D eigenvalue weighted by molar-refractivity contribution is 8.00. The van der Waals surface area contributed by atoms with E-state index in [2.05, 4.69) is 15.2 Å². The first-order valence-corrected chi connectivity index (χ1v) is 8.67. The number of ketones is 1. The predicted molar refractivity (Wildman–Crippen MR) is 94.7 cm³/mol. The number of fused-ring (bicyclic) bond motifs is 1. The van der Waals surface area contributed by atoms with E-state index in [4.69, 9.17) is 8.83 Å². The highest BCUT2D eigenvalue weighted by atomic mass is 32.2. The maximum absolute atomic E-state index is 12.9. The first kappa shape index (κ1) is 15.7. The SMILES string of the molecule is Cc1[nH]c2ccccc2c1C(=O)[C@@H](C)Sc1nnc(-c2ccco2)o1. The zero-order chi connectivity index (χ0) is 17.4. The number of carbonyl (C=O) groups is 1. The van der Waals surface area contributed by atoms with Gasteiger partial charge in [-0.2, -0.15) is 0 Å². The number of nitrogens with one attached hydrogen (secondary N) is 1. The van der Waals surface area contributed by atoms with Crippen LogP contribution in [0.2, 0.25) is 0 Å². The maximum atomic E-state index is 12.9. The van der Waals surface area contributed by atoms with E-state index in [0.717, 1.165) is 16.6 Å². The fourth-order valence-electron chi connectivity index (χ4n) is 2.76. The molecule has 6 nitrogen and oxygen atoms in total. The molecule has 0 amide bonds. The average Bonchev–Trinajstić information content (AvgIpc) is 3.32. The molecular formula is C18H15N3O3S. The van der Waals surface area contributed by atoms with E-state index in [9.17, 15) is 4.79 Å². The molecular weight excluding hydrogens is 338 g/mol. The maximum Gasteiger partial charge on any atom is 0.284 e. The molecule has 0 aliphatic heterocycles. The van der Waals surface area contributed by atoms with Gasteiger partial charge in [0.15, 0.2) is 11.5 Å². The Labute approximate surface area is 147 Å². The van der Waals surface area contributed by atoms with Crippen LogP contribution in [-0.4, -0.2) is 26.2 Å². The van der Waals surface area contributed by atoms with Gasteiger partial charge in [0, 0.05) is 22.2 Å². The third kappa shape index (κ3) is 2.87. The minimum atomic E-state index is -0.359. The standard InChI is InChI=1S/C18H15N3O3S/c1-10-15(12-6-3-4-7-13(12)19-10)16(22)11(2)25-18-21-20-17(24-18)14-8-5-9-23-14/h3-9,11,19H,1-2H3/t11-/m1/s1. The molecule has 0 saturated carbocycles. The van der Waals surface area contributed by atoms with Crippen LogP contribution in [0.5, 0.6) is 0 Å². The van der Waals surface area contributed by atoms with E-state index in [-0.39, 0.29) is 11.0 Å². The molecule has 7 heteroatoms. The van der Waals surface area contributed by atoms with Crippen LogP contribution in [0.25, 0.3) is 22.6 Å². The number of para-hydroxylation sites is 1. The van der Waals surface area contributed by atoms with E-state index >= 15 is 0 Å². The van der Waals surface area contributed by atoms with Crippen molar-refractivity contribution in [1.29, 1.82) is 0 Å². The van der Waals surface area contributed by atoms with Crippen molar-refractivity contribution in [3.05, 3.63) is 53.9 Å². The quantitative estimate of drug-likeness (QED) is 0.420. The highest BCUT2D eigenvalue weighted by Gasteiger charge is 2.24. The number of rotatable bonds is 5. The number of Topliss-reactive ketones (excluding diaryl/α,β-unsaturated/α-hetero) is 1. The van der Waals surface area contributed by atoms with Crippen LogP contribution in [0.4, 0.5) is 0 Å². The summed E-state index contributed by atoms with van der Waals surface area (Å²) in [6, 6.07) is 11.3. The second kappa shape index (κ2) is 6.25. The van der Waals surface area contributed by atoms with Crippen LogP contribution in [0, 0.1) is 6.92 Å². The van der Waals surface area contributed by atoms with Gasteiger partial charge in [-0.25, -0.2) is 0 Å². The first-order valence-electron chi connectivity index (χ1n) is 7.79. The second-order valence-corrected chi connectivity index (χ2v) is 6.94. The molecule has 0 radical (unpaired) electrons. The molecule has 0 spiro atoms. The predicted octanol–water partition coefficient (Wildman–Crippen LogP) is 4.48. The van der Waals surface area contributed by atoms with Crippen LogP contribution in [0.15, 0.2) is 56.7 Å². The summed E-state index contributed by atoms with van der Waals surface area (Å²) in [4.78, 5) is 16.2. The van der Waals surface area contributed by atoms with Gasteiger partial charge in [-0.05, 0) is 32.0 Å². The Morgan fingerprint density at radius 1 is 1.20 bits per heavy atom. The number of aryl methyl sites for hydroxylation is 1. The van der Waals surface area contributed by atoms with Gasteiger partial charge in [0.25, 0.3) is 11.1 Å². The minimum Gasteiger partial charge on any atom is -0.459 e. The van der Waals surface area contributed by atoms with Gasteiger partial charge in [-0.1, -0.05) is 30.0 Å². The van der Waals surface area contributed by atoms with Gasteiger partial charge in [0.05, 0.1) is 11.5 Å². The molecule has 1 atom stereocenters. The van der Waals surface area contributed by atoms with Crippen LogP contribution < -0.4 is 0 Å². The lowest BCUT2D eigenvalue weighted by molar-refractivity contribution is 0.0994. The molecule has 4 aromatic rings. The first-order chi connectivity index (χ1) is 12.1. The van der Waals surface area contributed by atoms with Crippen molar-refractivity contribution in [3.8, 4) is 11.7 Å². The summed E-state index contributed by atoms with van der Waals surface area (Å²) in [6.45, 7) is 3.75. The van der Waals surface area contributed by atoms with E-state index in [1.165, 1.54) is 18.0 Å². The Balaban J connectivity index is 1.57. The zero-order valence-corrected chi connectivity index (χ0v) is 14.5. The largest absolute Gasteiger partial charge is 0.459 e. The number of furan rings is 1. The van der Waals surface area contributed by atoms with Crippen molar-refractivity contribution < 1.29 is 13.6 Å². The van der Waals surface area contributed by atoms with Crippen molar-refractivity contribution >= 4 is 28.4 Å². The molecule has 3 aromatic heterocycles. The number of nitrogens with zero attached hydrogens (tertiary/aromatic N) is 2. The van der Waals surface area contributed by atoms with E-state index in [1.807, 2.05) is 38.1 Å². The number of carbonyl (C=O) groups excluding carboxylic acids is 1. The van der Waals surface area contributed by atoms with Crippen LogP contribution in [-0.2, 0) is 0 Å². The van der Waals surface area contributed by atoms with Crippen LogP contribution >= 0.6 is 11.8 Å². The second-order valence-electron chi connectivity index (χ2n) is 5.65. The smallest absolute Gasteiger partial charge is 0.284 e. The summed E-state index contributed by atoms with van der Waals surface area (Å²) in [5, 5.41) is 8.85. The molecule has 0 bridgehead atoms. The van der Waals surface area contributed by atoms with Gasteiger partial charge >= 0.3 is 0 Å². The molecule has 4 rings (SSSR count). The summed E-state index contributed by atoms with van der Waals surface area (Å²) in [5.74, 6) is 0.832. The fraction of sp³-hybridized carbons (Fsp3) is 0.167. The minimum absolute atomic E-state index is 0.0256. The fourth-order valence-corrected chi connectivity index (χ4v) is 3.50. The van der Waals surface area contributed by atoms with E-state index in [0.29, 0.717) is 22.4 Å². The monoisotopic (exact) mass is 353 g/mol. The Morgan fingerprint density at radius 3 is 2.84 bits per heavy atom. The molecule has 3 heterocycles. The highest BCUT2D eigenvalue weighted by Crippen LogP contribution is 2.30. The van der Waals surface area contributed by atoms with Gasteiger partial charge in [-0.3, -0.25) is 4.79 Å². The summed E-state index contributed by atoms with van der Waals surface area (Å²) in [7, 11) is 0. The number of aromatic nitrogens is 3. The molecule has 0 unspecified atom stereocenters. The van der Waals surface area contributed by atoms with Gasteiger partial charge < -0.3 is 13.8 Å². The van der Waals surface area contributed by atoms with Crippen LogP contribution in [0.1, 0.15) is 23.0 Å². The van der Waals surface area contributed by atoms with E-state index in [1.54, 1.807) is 12.1 Å². The lowest BCUT2D eigenvalue weighted by atomic mass is 10.1. The van der Waals surface area contributed by atoms with Crippen molar-refractivity contribution in [2.24, 2.45) is 0 Å². The Hall–Kier alpha value is -2.80. The third-order valence-electron chi connectivity index (χ3n) is 3.93. The number of hydrogen-bond donors (Lipinski definition) is 1.